The Morgan fingerprint density at radius 3 is 2.63 bits per heavy atom. The first-order valence-corrected chi connectivity index (χ1v) is 7.46. The summed E-state index contributed by atoms with van der Waals surface area (Å²) in [6.07, 6.45) is 0. The molecule has 0 radical (unpaired) electrons. The Morgan fingerprint density at radius 1 is 1.21 bits per heavy atom. The zero-order valence-electron chi connectivity index (χ0n) is 10.8. The van der Waals surface area contributed by atoms with Crippen LogP contribution in [0.2, 0.25) is 10.3 Å². The highest BCUT2D eigenvalue weighted by atomic mass is 35.5. The number of pyridine rings is 1. The lowest BCUT2D eigenvalue weighted by atomic mass is 10.1. The van der Waals surface area contributed by atoms with Crippen LogP contribution in [0.15, 0.2) is 12.1 Å². The molecule has 6 heteroatoms. The molecule has 104 valence electrons. The predicted octanol–water partition coefficient (Wildman–Crippen LogP) is 1.48. The van der Waals surface area contributed by atoms with Gasteiger partial charge in [0.15, 0.2) is 0 Å². The summed E-state index contributed by atoms with van der Waals surface area (Å²) in [6.45, 7) is 7.68. The minimum Gasteiger partial charge on any atom is -0.314 e. The molecule has 2 fully saturated rings. The average molecular weight is 301 g/mol. The van der Waals surface area contributed by atoms with Crippen LogP contribution in [-0.2, 0) is 6.54 Å². The molecule has 0 bridgehead atoms. The molecule has 0 aliphatic carbocycles. The maximum atomic E-state index is 6.10. The number of halogens is 2. The smallest absolute Gasteiger partial charge is 0.135 e. The number of hydrogen-bond acceptors (Lipinski definition) is 4. The summed E-state index contributed by atoms with van der Waals surface area (Å²) in [5.74, 6) is 0. The van der Waals surface area contributed by atoms with Gasteiger partial charge in [0.05, 0.1) is 0 Å². The first kappa shape index (κ1) is 13.6. The molecule has 3 heterocycles. The minimum atomic E-state index is 0.455. The second-order valence-corrected chi connectivity index (χ2v) is 5.96. The van der Waals surface area contributed by atoms with Crippen molar-refractivity contribution in [1.82, 2.24) is 20.1 Å². The lowest BCUT2D eigenvalue weighted by Crippen LogP contribution is -2.62. The quantitative estimate of drug-likeness (QED) is 0.857. The molecule has 1 aromatic heterocycles. The van der Waals surface area contributed by atoms with Crippen molar-refractivity contribution < 1.29 is 0 Å². The Hall–Kier alpha value is -0.390. The molecule has 0 saturated carbocycles. The predicted molar refractivity (Wildman–Crippen MR) is 77.8 cm³/mol. The van der Waals surface area contributed by atoms with Gasteiger partial charge in [-0.05, 0) is 6.07 Å². The van der Waals surface area contributed by atoms with Gasteiger partial charge in [0.25, 0.3) is 0 Å². The largest absolute Gasteiger partial charge is 0.314 e. The maximum Gasteiger partial charge on any atom is 0.135 e. The zero-order valence-corrected chi connectivity index (χ0v) is 12.3. The standard InChI is InChI=1S/C13H18Cl2N4/c14-12-2-1-10(13(15)17-12)7-18-8-11(9-18)19-5-3-16-4-6-19/h1-2,11,16H,3-9H2. The lowest BCUT2D eigenvalue weighted by molar-refractivity contribution is 0.0223. The number of likely N-dealkylation sites (tertiary alicyclic amines) is 1. The van der Waals surface area contributed by atoms with Crippen molar-refractivity contribution >= 4 is 23.2 Å². The summed E-state index contributed by atoms with van der Waals surface area (Å²) in [5, 5.41) is 4.37. The van der Waals surface area contributed by atoms with Gasteiger partial charge >= 0.3 is 0 Å². The molecular weight excluding hydrogens is 283 g/mol. The number of hydrogen-bond donors (Lipinski definition) is 1. The van der Waals surface area contributed by atoms with Gasteiger partial charge in [-0.25, -0.2) is 4.98 Å². The van der Waals surface area contributed by atoms with E-state index in [1.165, 1.54) is 13.1 Å². The van der Waals surface area contributed by atoms with Crippen LogP contribution in [0, 0.1) is 0 Å². The molecule has 2 aliphatic rings. The van der Waals surface area contributed by atoms with E-state index < -0.39 is 0 Å². The summed E-state index contributed by atoms with van der Waals surface area (Å²) < 4.78 is 0. The molecule has 19 heavy (non-hydrogen) atoms. The minimum absolute atomic E-state index is 0.455. The highest BCUT2D eigenvalue weighted by Crippen LogP contribution is 2.22. The van der Waals surface area contributed by atoms with Gasteiger partial charge in [0, 0.05) is 57.4 Å². The van der Waals surface area contributed by atoms with E-state index in [1.807, 2.05) is 6.07 Å². The molecule has 0 spiro atoms. The van der Waals surface area contributed by atoms with E-state index in [-0.39, 0.29) is 0 Å². The first-order chi connectivity index (χ1) is 9.22. The molecule has 4 nitrogen and oxygen atoms in total. The summed E-state index contributed by atoms with van der Waals surface area (Å²) in [4.78, 5) is 9.06. The van der Waals surface area contributed by atoms with Crippen molar-refractivity contribution in [3.63, 3.8) is 0 Å². The highest BCUT2D eigenvalue weighted by Gasteiger charge is 2.32. The van der Waals surface area contributed by atoms with E-state index in [4.69, 9.17) is 23.2 Å². The number of nitrogens with zero attached hydrogens (tertiary/aromatic N) is 3. The Labute approximate surface area is 123 Å². The van der Waals surface area contributed by atoms with Crippen LogP contribution in [0.25, 0.3) is 0 Å². The zero-order chi connectivity index (χ0) is 13.2. The van der Waals surface area contributed by atoms with Gasteiger partial charge in [0.2, 0.25) is 0 Å². The van der Waals surface area contributed by atoms with Crippen LogP contribution in [0.1, 0.15) is 5.56 Å². The van der Waals surface area contributed by atoms with Crippen LogP contribution < -0.4 is 5.32 Å². The van der Waals surface area contributed by atoms with Gasteiger partial charge < -0.3 is 5.32 Å². The SMILES string of the molecule is Clc1ccc(CN2CC(N3CCNCC3)C2)c(Cl)n1. The third-order valence-electron chi connectivity index (χ3n) is 3.89. The van der Waals surface area contributed by atoms with Crippen molar-refractivity contribution in [2.45, 2.75) is 12.6 Å². The summed E-state index contributed by atoms with van der Waals surface area (Å²) in [7, 11) is 0. The third-order valence-corrected chi connectivity index (χ3v) is 4.43. The van der Waals surface area contributed by atoms with Crippen LogP contribution in [0.4, 0.5) is 0 Å². The molecule has 0 atom stereocenters. The fraction of sp³-hybridized carbons (Fsp3) is 0.615. The number of nitrogens with one attached hydrogen (secondary N) is 1. The van der Waals surface area contributed by atoms with E-state index in [0.717, 1.165) is 38.3 Å². The van der Waals surface area contributed by atoms with Crippen LogP contribution >= 0.6 is 23.2 Å². The summed E-state index contributed by atoms with van der Waals surface area (Å²) in [6, 6.07) is 4.48. The summed E-state index contributed by atoms with van der Waals surface area (Å²) >= 11 is 11.9. The van der Waals surface area contributed by atoms with Crippen LogP contribution in [-0.4, -0.2) is 60.1 Å². The van der Waals surface area contributed by atoms with Gasteiger partial charge in [-0.3, -0.25) is 9.80 Å². The highest BCUT2D eigenvalue weighted by molar-refractivity contribution is 6.32. The molecule has 0 aromatic carbocycles. The van der Waals surface area contributed by atoms with Crippen molar-refractivity contribution in [3.05, 3.63) is 28.0 Å². The average Bonchev–Trinajstić information content (AvgIpc) is 2.36. The number of rotatable bonds is 3. The Kier molecular flexibility index (Phi) is 4.24. The second kappa shape index (κ2) is 5.94. The van der Waals surface area contributed by atoms with Gasteiger partial charge in [-0.15, -0.1) is 0 Å². The molecular formula is C13H18Cl2N4. The second-order valence-electron chi connectivity index (χ2n) is 5.22. The number of aromatic nitrogens is 1. The van der Waals surface area contributed by atoms with E-state index >= 15 is 0 Å². The molecule has 2 saturated heterocycles. The van der Waals surface area contributed by atoms with Crippen molar-refractivity contribution in [1.29, 1.82) is 0 Å². The van der Waals surface area contributed by atoms with Crippen molar-refractivity contribution in [2.24, 2.45) is 0 Å². The van der Waals surface area contributed by atoms with E-state index in [9.17, 15) is 0 Å². The molecule has 1 N–H and O–H groups in total. The molecule has 0 unspecified atom stereocenters. The Bertz CT molecular complexity index is 442. The van der Waals surface area contributed by atoms with E-state index in [1.54, 1.807) is 6.07 Å². The lowest BCUT2D eigenvalue weighted by Gasteiger charge is -2.46. The number of piperazine rings is 1. The molecule has 0 amide bonds. The van der Waals surface area contributed by atoms with Crippen LogP contribution in [0.5, 0.6) is 0 Å². The molecule has 3 rings (SSSR count). The maximum absolute atomic E-state index is 6.10. The molecule has 2 aliphatic heterocycles. The van der Waals surface area contributed by atoms with Crippen LogP contribution in [0.3, 0.4) is 0 Å². The topological polar surface area (TPSA) is 31.4 Å². The fourth-order valence-electron chi connectivity index (χ4n) is 2.75. The summed E-state index contributed by atoms with van der Waals surface area (Å²) in [5.41, 5.74) is 1.06. The monoisotopic (exact) mass is 300 g/mol. The first-order valence-electron chi connectivity index (χ1n) is 6.70. The molecule has 1 aromatic rings. The van der Waals surface area contributed by atoms with Gasteiger partial charge in [-0.2, -0.15) is 0 Å². The van der Waals surface area contributed by atoms with Gasteiger partial charge in [-0.1, -0.05) is 29.3 Å². The van der Waals surface area contributed by atoms with E-state index in [0.29, 0.717) is 16.3 Å². The fourth-order valence-corrected chi connectivity index (χ4v) is 3.15. The van der Waals surface area contributed by atoms with Crippen molar-refractivity contribution in [2.75, 3.05) is 39.3 Å². The third kappa shape index (κ3) is 3.20. The Balaban J connectivity index is 1.50. The normalized spacial score (nSPS) is 22.4. The Morgan fingerprint density at radius 2 is 1.95 bits per heavy atom. The van der Waals surface area contributed by atoms with Gasteiger partial charge in [0.1, 0.15) is 10.3 Å². The van der Waals surface area contributed by atoms with Crippen molar-refractivity contribution in [3.8, 4) is 0 Å². The van der Waals surface area contributed by atoms with E-state index in [2.05, 4.69) is 20.1 Å².